The number of carbonyl (C=O) groups is 1. The van der Waals surface area contributed by atoms with Crippen molar-refractivity contribution in [2.45, 2.75) is 13.0 Å². The molecular weight excluding hydrogens is 362 g/mol. The lowest BCUT2D eigenvalue weighted by molar-refractivity contribution is -0.113. The zero-order valence-corrected chi connectivity index (χ0v) is 15.6. The Bertz CT molecular complexity index is 1040. The maximum Gasteiger partial charge on any atom is 0.256 e. The van der Waals surface area contributed by atoms with Crippen molar-refractivity contribution >= 4 is 17.5 Å². The number of ether oxygens (including phenoxy) is 2. The molecule has 2 N–H and O–H groups in total. The molecule has 1 aliphatic heterocycles. The summed E-state index contributed by atoms with van der Waals surface area (Å²) in [5.41, 5.74) is 1.65. The Morgan fingerprint density at radius 2 is 2.14 bits per heavy atom. The molecule has 1 atom stereocenters. The van der Waals surface area contributed by atoms with Gasteiger partial charge in [0.2, 0.25) is 5.95 Å². The lowest BCUT2D eigenvalue weighted by atomic mass is 10.00. The number of carbonyl (C=O) groups excluding carboxylic acids is 1. The number of methoxy groups -OCH3 is 2. The second-order valence-corrected chi connectivity index (χ2v) is 6.13. The van der Waals surface area contributed by atoms with Crippen LogP contribution in [0.3, 0.4) is 0 Å². The summed E-state index contributed by atoms with van der Waals surface area (Å²) in [5, 5.41) is 10.3. The van der Waals surface area contributed by atoms with Gasteiger partial charge >= 0.3 is 0 Å². The average molecular weight is 381 g/mol. The van der Waals surface area contributed by atoms with Gasteiger partial charge in [0, 0.05) is 11.8 Å². The number of furan rings is 1. The summed E-state index contributed by atoms with van der Waals surface area (Å²) in [7, 11) is 3.10. The highest BCUT2D eigenvalue weighted by Gasteiger charge is 2.35. The first-order valence-corrected chi connectivity index (χ1v) is 8.56. The Balaban J connectivity index is 1.71. The van der Waals surface area contributed by atoms with Gasteiger partial charge in [0.1, 0.15) is 29.6 Å². The summed E-state index contributed by atoms with van der Waals surface area (Å²) >= 11 is 0. The quantitative estimate of drug-likeness (QED) is 0.700. The van der Waals surface area contributed by atoms with E-state index in [1.54, 1.807) is 48.4 Å². The predicted molar refractivity (Wildman–Crippen MR) is 101 cm³/mol. The van der Waals surface area contributed by atoms with Crippen LogP contribution in [0.2, 0.25) is 0 Å². The fourth-order valence-corrected chi connectivity index (χ4v) is 3.19. The number of hydrogen-bond acceptors (Lipinski definition) is 7. The average Bonchev–Trinajstić information content (AvgIpc) is 3.38. The van der Waals surface area contributed by atoms with E-state index in [4.69, 9.17) is 13.9 Å². The van der Waals surface area contributed by atoms with Gasteiger partial charge in [-0.2, -0.15) is 10.1 Å². The molecule has 0 bridgehead atoms. The van der Waals surface area contributed by atoms with Gasteiger partial charge in [0.05, 0.1) is 31.7 Å². The molecule has 1 aliphatic rings. The molecule has 0 fully saturated rings. The van der Waals surface area contributed by atoms with E-state index in [1.807, 2.05) is 6.92 Å². The van der Waals surface area contributed by atoms with Gasteiger partial charge in [-0.25, -0.2) is 4.68 Å². The molecule has 3 heterocycles. The predicted octanol–water partition coefficient (Wildman–Crippen LogP) is 2.82. The van der Waals surface area contributed by atoms with Crippen LogP contribution in [0.15, 0.2) is 58.6 Å². The molecular formula is C19H19N5O4. The van der Waals surface area contributed by atoms with Crippen LogP contribution in [-0.4, -0.2) is 34.9 Å². The third kappa shape index (κ3) is 2.96. The van der Waals surface area contributed by atoms with E-state index in [-0.39, 0.29) is 5.91 Å². The van der Waals surface area contributed by atoms with Crippen molar-refractivity contribution in [2.75, 3.05) is 24.9 Å². The molecule has 4 rings (SSSR count). The minimum atomic E-state index is -0.544. The summed E-state index contributed by atoms with van der Waals surface area (Å²) in [4.78, 5) is 17.4. The molecule has 28 heavy (non-hydrogen) atoms. The summed E-state index contributed by atoms with van der Waals surface area (Å²) < 4.78 is 17.8. The lowest BCUT2D eigenvalue weighted by Gasteiger charge is -2.27. The first-order chi connectivity index (χ1) is 13.6. The monoisotopic (exact) mass is 381 g/mol. The van der Waals surface area contributed by atoms with E-state index in [9.17, 15) is 4.79 Å². The number of benzene rings is 1. The molecule has 0 saturated carbocycles. The largest absolute Gasteiger partial charge is 0.497 e. The summed E-state index contributed by atoms with van der Waals surface area (Å²) in [6, 6.07) is 8.21. The van der Waals surface area contributed by atoms with Crippen LogP contribution in [0.25, 0.3) is 0 Å². The Labute approximate surface area is 161 Å². The molecule has 2 aromatic heterocycles. The second kappa shape index (κ2) is 7.10. The van der Waals surface area contributed by atoms with Crippen LogP contribution in [0.1, 0.15) is 18.7 Å². The van der Waals surface area contributed by atoms with Crippen LogP contribution in [0, 0.1) is 0 Å². The Morgan fingerprint density at radius 1 is 1.29 bits per heavy atom. The number of nitrogens with one attached hydrogen (secondary N) is 2. The van der Waals surface area contributed by atoms with Crippen LogP contribution in [-0.2, 0) is 4.79 Å². The van der Waals surface area contributed by atoms with E-state index in [1.165, 1.54) is 13.4 Å². The van der Waals surface area contributed by atoms with Gasteiger partial charge in [0.25, 0.3) is 5.91 Å². The van der Waals surface area contributed by atoms with Gasteiger partial charge in [-0.3, -0.25) is 4.79 Å². The number of amides is 1. The van der Waals surface area contributed by atoms with E-state index < -0.39 is 6.04 Å². The molecule has 0 unspecified atom stereocenters. The molecule has 0 aliphatic carbocycles. The van der Waals surface area contributed by atoms with Crippen LogP contribution in [0.5, 0.6) is 11.5 Å². The van der Waals surface area contributed by atoms with Crippen molar-refractivity contribution in [1.82, 2.24) is 14.8 Å². The van der Waals surface area contributed by atoms with E-state index in [0.29, 0.717) is 40.2 Å². The SMILES string of the molecule is COc1ccc(NC(=O)C2=C(C)Nc3ncnn3[C@H]2c2ccco2)c(OC)c1. The van der Waals surface area contributed by atoms with Gasteiger partial charge in [-0.1, -0.05) is 0 Å². The first-order valence-electron chi connectivity index (χ1n) is 8.56. The maximum atomic E-state index is 13.2. The highest BCUT2D eigenvalue weighted by atomic mass is 16.5. The van der Waals surface area contributed by atoms with Crippen LogP contribution < -0.4 is 20.1 Å². The molecule has 3 aromatic rings. The van der Waals surface area contributed by atoms with Gasteiger partial charge < -0.3 is 24.5 Å². The zero-order valence-electron chi connectivity index (χ0n) is 15.6. The summed E-state index contributed by atoms with van der Waals surface area (Å²) in [6.07, 6.45) is 2.99. The number of allylic oxidation sites excluding steroid dienone is 1. The topological polar surface area (TPSA) is 103 Å². The second-order valence-electron chi connectivity index (χ2n) is 6.13. The summed E-state index contributed by atoms with van der Waals surface area (Å²) in [6.45, 7) is 1.81. The van der Waals surface area contributed by atoms with E-state index in [0.717, 1.165) is 0 Å². The van der Waals surface area contributed by atoms with Gasteiger partial charge in [-0.05, 0) is 31.2 Å². The van der Waals surface area contributed by atoms with Crippen molar-refractivity contribution in [1.29, 1.82) is 0 Å². The normalized spacial score (nSPS) is 15.6. The highest BCUT2D eigenvalue weighted by molar-refractivity contribution is 6.06. The standard InChI is InChI=1S/C19H19N5O4/c1-11-16(18(25)23-13-7-6-12(26-2)9-15(13)27-3)17(14-5-4-8-28-14)24-19(22-11)20-10-21-24/h4-10,17H,1-3H3,(H,23,25)(H,20,21,22)/t17-/m0/s1. The smallest absolute Gasteiger partial charge is 0.256 e. The Hall–Kier alpha value is -3.75. The van der Waals surface area contributed by atoms with Gasteiger partial charge in [0.15, 0.2) is 0 Å². The van der Waals surface area contributed by atoms with Crippen molar-refractivity contribution in [3.63, 3.8) is 0 Å². The van der Waals surface area contributed by atoms with Crippen molar-refractivity contribution in [3.05, 3.63) is 60.0 Å². The van der Waals surface area contributed by atoms with Gasteiger partial charge in [-0.15, -0.1) is 0 Å². The van der Waals surface area contributed by atoms with Crippen LogP contribution >= 0.6 is 0 Å². The fourth-order valence-electron chi connectivity index (χ4n) is 3.19. The molecule has 1 aromatic carbocycles. The van der Waals surface area contributed by atoms with Crippen LogP contribution in [0.4, 0.5) is 11.6 Å². The summed E-state index contributed by atoms with van der Waals surface area (Å²) in [5.74, 6) is 1.93. The Morgan fingerprint density at radius 3 is 2.86 bits per heavy atom. The Kier molecular flexibility index (Phi) is 4.48. The van der Waals surface area contributed by atoms with Crippen molar-refractivity contribution in [2.24, 2.45) is 0 Å². The molecule has 1 amide bonds. The zero-order chi connectivity index (χ0) is 19.7. The number of hydrogen-bond donors (Lipinski definition) is 2. The highest BCUT2D eigenvalue weighted by Crippen LogP contribution is 2.36. The lowest BCUT2D eigenvalue weighted by Crippen LogP contribution is -2.31. The minimum absolute atomic E-state index is 0.309. The van der Waals surface area contributed by atoms with E-state index in [2.05, 4.69) is 20.7 Å². The number of rotatable bonds is 5. The third-order valence-corrected chi connectivity index (χ3v) is 4.51. The first kappa shape index (κ1) is 17.7. The van der Waals surface area contributed by atoms with Crippen molar-refractivity contribution < 1.29 is 18.7 Å². The minimum Gasteiger partial charge on any atom is -0.497 e. The molecule has 9 heteroatoms. The maximum absolute atomic E-state index is 13.2. The van der Waals surface area contributed by atoms with E-state index >= 15 is 0 Å². The molecule has 144 valence electrons. The fraction of sp³-hybridized carbons (Fsp3) is 0.211. The van der Waals surface area contributed by atoms with Crippen molar-refractivity contribution in [3.8, 4) is 11.5 Å². The molecule has 0 saturated heterocycles. The number of fused-ring (bicyclic) bond motifs is 1. The number of nitrogens with zero attached hydrogens (tertiary/aromatic N) is 3. The third-order valence-electron chi connectivity index (χ3n) is 4.51. The molecule has 9 nitrogen and oxygen atoms in total. The number of anilines is 2. The molecule has 0 spiro atoms. The number of aromatic nitrogens is 3. The molecule has 0 radical (unpaired) electrons.